The summed E-state index contributed by atoms with van der Waals surface area (Å²) in [6, 6.07) is 0. The van der Waals surface area contributed by atoms with Gasteiger partial charge in [0.15, 0.2) is 0 Å². The molecule has 2 fully saturated rings. The molecule has 1 saturated carbocycles. The maximum Gasteiger partial charge on any atom is 0.223 e. The number of hydrogen-bond acceptors (Lipinski definition) is 3. The van der Waals surface area contributed by atoms with Crippen molar-refractivity contribution in [2.24, 2.45) is 11.3 Å². The van der Waals surface area contributed by atoms with E-state index in [1.54, 1.807) is 0 Å². The number of carbonyl (C=O) groups is 1. The predicted molar refractivity (Wildman–Crippen MR) is 69.2 cm³/mol. The molecule has 2 rings (SSSR count). The fourth-order valence-electron chi connectivity index (χ4n) is 2.75. The van der Waals surface area contributed by atoms with Gasteiger partial charge >= 0.3 is 0 Å². The third-order valence-corrected chi connectivity index (χ3v) is 5.36. The van der Waals surface area contributed by atoms with Gasteiger partial charge in [0.1, 0.15) is 0 Å². The first-order valence-corrected chi connectivity index (χ1v) is 8.00. The molecular weight excluding hydrogens is 236 g/mol. The topological polar surface area (TPSA) is 58.2 Å². The smallest absolute Gasteiger partial charge is 0.223 e. The Morgan fingerprint density at radius 3 is 2.82 bits per heavy atom. The van der Waals surface area contributed by atoms with Crippen LogP contribution in [-0.2, 0) is 15.6 Å². The lowest BCUT2D eigenvalue weighted by Crippen LogP contribution is -2.35. The molecule has 1 aliphatic carbocycles. The number of amides is 1. The van der Waals surface area contributed by atoms with Crippen molar-refractivity contribution < 1.29 is 9.00 Å². The fourth-order valence-corrected chi connectivity index (χ4v) is 3.37. The Hall–Kier alpha value is -0.420. The summed E-state index contributed by atoms with van der Waals surface area (Å²) in [7, 11) is -0.774. The Balaban J connectivity index is 1.69. The molecule has 0 aromatic rings. The minimum Gasteiger partial charge on any atom is -0.355 e. The van der Waals surface area contributed by atoms with E-state index < -0.39 is 10.8 Å². The quantitative estimate of drug-likeness (QED) is 0.744. The van der Waals surface area contributed by atoms with Gasteiger partial charge in [-0.3, -0.25) is 9.00 Å². The maximum absolute atomic E-state index is 11.9. The lowest BCUT2D eigenvalue weighted by atomic mass is 9.92. The molecule has 0 aromatic carbocycles. The lowest BCUT2D eigenvalue weighted by molar-refractivity contribution is -0.123. The summed E-state index contributed by atoms with van der Waals surface area (Å²) in [5, 5.41) is 6.26. The van der Waals surface area contributed by atoms with Crippen LogP contribution in [0.3, 0.4) is 0 Å². The van der Waals surface area contributed by atoms with E-state index in [4.69, 9.17) is 0 Å². The predicted octanol–water partition coefficient (Wildman–Crippen LogP) is 0.261. The standard InChI is InChI=1S/C12H22N2O2S/c1-2-17(16)8-7-14-11(15)10-9-12(10)3-5-13-6-4-12/h10,13H,2-9H2,1H3,(H,14,15). The van der Waals surface area contributed by atoms with Gasteiger partial charge in [-0.15, -0.1) is 0 Å². The lowest BCUT2D eigenvalue weighted by Gasteiger charge is -2.23. The molecule has 2 aliphatic rings. The molecule has 0 aromatic heterocycles. The van der Waals surface area contributed by atoms with Crippen LogP contribution in [0.5, 0.6) is 0 Å². The minimum atomic E-state index is -0.774. The van der Waals surface area contributed by atoms with E-state index in [2.05, 4.69) is 10.6 Å². The van der Waals surface area contributed by atoms with Crippen LogP contribution < -0.4 is 10.6 Å². The van der Waals surface area contributed by atoms with Gasteiger partial charge in [-0.25, -0.2) is 0 Å². The molecule has 1 spiro atoms. The number of carbonyl (C=O) groups excluding carboxylic acids is 1. The summed E-state index contributed by atoms with van der Waals surface area (Å²) >= 11 is 0. The van der Waals surface area contributed by atoms with E-state index in [1.165, 1.54) is 0 Å². The van der Waals surface area contributed by atoms with E-state index >= 15 is 0 Å². The zero-order valence-corrected chi connectivity index (χ0v) is 11.3. The molecule has 0 radical (unpaired) electrons. The van der Waals surface area contributed by atoms with Crippen molar-refractivity contribution in [1.29, 1.82) is 0 Å². The number of hydrogen-bond donors (Lipinski definition) is 2. The van der Waals surface area contributed by atoms with Crippen LogP contribution in [0.2, 0.25) is 0 Å². The summed E-state index contributed by atoms with van der Waals surface area (Å²) in [6.45, 7) is 4.56. The highest BCUT2D eigenvalue weighted by Gasteiger charge is 2.57. The van der Waals surface area contributed by atoms with Crippen LogP contribution in [0.15, 0.2) is 0 Å². The maximum atomic E-state index is 11.9. The number of nitrogens with one attached hydrogen (secondary N) is 2. The highest BCUT2D eigenvalue weighted by molar-refractivity contribution is 7.84. The fraction of sp³-hybridized carbons (Fsp3) is 0.917. The molecule has 2 unspecified atom stereocenters. The zero-order valence-electron chi connectivity index (χ0n) is 10.5. The molecule has 0 bridgehead atoms. The van der Waals surface area contributed by atoms with Gasteiger partial charge in [0.05, 0.1) is 0 Å². The van der Waals surface area contributed by atoms with E-state index in [0.717, 1.165) is 32.4 Å². The SMILES string of the molecule is CCS(=O)CCNC(=O)C1CC12CCNCC2. The Bertz CT molecular complexity index is 314. The molecule has 2 N–H and O–H groups in total. The number of rotatable bonds is 5. The Labute approximate surface area is 105 Å². The molecule has 2 atom stereocenters. The van der Waals surface area contributed by atoms with Crippen molar-refractivity contribution in [2.75, 3.05) is 31.1 Å². The zero-order chi connectivity index (χ0) is 12.3. The molecule has 98 valence electrons. The van der Waals surface area contributed by atoms with Gasteiger partial charge in [-0.2, -0.15) is 0 Å². The largest absolute Gasteiger partial charge is 0.355 e. The normalized spacial score (nSPS) is 27.7. The monoisotopic (exact) mass is 258 g/mol. The van der Waals surface area contributed by atoms with Crippen LogP contribution in [0.4, 0.5) is 0 Å². The van der Waals surface area contributed by atoms with Gasteiger partial charge in [0.25, 0.3) is 0 Å². The van der Waals surface area contributed by atoms with Gasteiger partial charge in [-0.05, 0) is 37.8 Å². The second kappa shape index (κ2) is 5.48. The third kappa shape index (κ3) is 3.07. The highest BCUT2D eigenvalue weighted by atomic mass is 32.2. The molecule has 1 saturated heterocycles. The summed E-state index contributed by atoms with van der Waals surface area (Å²) < 4.78 is 11.2. The van der Waals surface area contributed by atoms with Crippen LogP contribution in [0.1, 0.15) is 26.2 Å². The van der Waals surface area contributed by atoms with Crippen molar-refractivity contribution in [1.82, 2.24) is 10.6 Å². The van der Waals surface area contributed by atoms with Gasteiger partial charge in [-0.1, -0.05) is 6.92 Å². The van der Waals surface area contributed by atoms with Crippen LogP contribution in [-0.4, -0.2) is 41.3 Å². The molecule has 4 nitrogen and oxygen atoms in total. The average Bonchev–Trinajstić information content (AvgIpc) is 3.03. The summed E-state index contributed by atoms with van der Waals surface area (Å²) in [6.07, 6.45) is 3.31. The van der Waals surface area contributed by atoms with Crippen molar-refractivity contribution >= 4 is 16.7 Å². The van der Waals surface area contributed by atoms with Crippen LogP contribution >= 0.6 is 0 Å². The molecule has 1 aliphatic heterocycles. The Morgan fingerprint density at radius 2 is 2.18 bits per heavy atom. The number of piperidine rings is 1. The molecular formula is C12H22N2O2S. The van der Waals surface area contributed by atoms with Crippen LogP contribution in [0, 0.1) is 11.3 Å². The second-order valence-electron chi connectivity index (χ2n) is 5.09. The molecule has 5 heteroatoms. The van der Waals surface area contributed by atoms with E-state index in [0.29, 0.717) is 23.5 Å². The van der Waals surface area contributed by atoms with E-state index in [1.807, 2.05) is 6.92 Å². The van der Waals surface area contributed by atoms with Gasteiger partial charge in [0.2, 0.25) is 5.91 Å². The second-order valence-corrected chi connectivity index (χ2v) is 6.96. The molecule has 1 heterocycles. The van der Waals surface area contributed by atoms with Crippen molar-refractivity contribution in [3.8, 4) is 0 Å². The Morgan fingerprint density at radius 1 is 1.47 bits per heavy atom. The van der Waals surface area contributed by atoms with E-state index in [-0.39, 0.29) is 11.8 Å². The van der Waals surface area contributed by atoms with Crippen molar-refractivity contribution in [3.05, 3.63) is 0 Å². The summed E-state index contributed by atoms with van der Waals surface area (Å²) in [4.78, 5) is 11.9. The molecule has 17 heavy (non-hydrogen) atoms. The summed E-state index contributed by atoms with van der Waals surface area (Å²) in [5.74, 6) is 1.66. The first-order chi connectivity index (χ1) is 8.18. The molecule has 1 amide bonds. The first-order valence-electron chi connectivity index (χ1n) is 6.51. The summed E-state index contributed by atoms with van der Waals surface area (Å²) in [5.41, 5.74) is 0.305. The van der Waals surface area contributed by atoms with Crippen molar-refractivity contribution in [3.63, 3.8) is 0 Å². The van der Waals surface area contributed by atoms with Crippen molar-refractivity contribution in [2.45, 2.75) is 26.2 Å². The third-order valence-electron chi connectivity index (χ3n) is 4.06. The highest BCUT2D eigenvalue weighted by Crippen LogP contribution is 2.58. The Kier molecular flexibility index (Phi) is 4.20. The van der Waals surface area contributed by atoms with Crippen LogP contribution in [0.25, 0.3) is 0 Å². The first kappa shape index (κ1) is 13.0. The van der Waals surface area contributed by atoms with E-state index in [9.17, 15) is 9.00 Å². The minimum absolute atomic E-state index is 0.181. The average molecular weight is 258 g/mol. The van der Waals surface area contributed by atoms with Gasteiger partial charge in [0, 0.05) is 34.8 Å². The van der Waals surface area contributed by atoms with Gasteiger partial charge < -0.3 is 10.6 Å².